The van der Waals surface area contributed by atoms with Crippen molar-refractivity contribution < 1.29 is 18.7 Å². The maximum atomic E-state index is 11.9. The van der Waals surface area contributed by atoms with Crippen LogP contribution in [0.25, 0.3) is 11.5 Å². The van der Waals surface area contributed by atoms with E-state index in [2.05, 4.69) is 4.98 Å². The van der Waals surface area contributed by atoms with Crippen molar-refractivity contribution in [2.45, 2.75) is 6.61 Å². The maximum absolute atomic E-state index is 11.9. The van der Waals surface area contributed by atoms with E-state index in [0.717, 1.165) is 11.1 Å². The lowest BCUT2D eigenvalue weighted by Crippen LogP contribution is -2.09. The van der Waals surface area contributed by atoms with Crippen LogP contribution in [0.2, 0.25) is 0 Å². The third-order valence-corrected chi connectivity index (χ3v) is 3.12. The minimum Gasteiger partial charge on any atom is -0.444 e. The fourth-order valence-corrected chi connectivity index (χ4v) is 1.98. The van der Waals surface area contributed by atoms with Crippen molar-refractivity contribution in [1.82, 2.24) is 4.98 Å². The summed E-state index contributed by atoms with van der Waals surface area (Å²) < 4.78 is 15.6. The topological polar surface area (TPSA) is 61.6 Å². The molecule has 5 nitrogen and oxygen atoms in total. The Kier molecular flexibility index (Phi) is 4.81. The third-order valence-electron chi connectivity index (χ3n) is 3.12. The molecule has 0 spiro atoms. The first-order valence-electron chi connectivity index (χ1n) is 7.12. The number of benzene rings is 2. The van der Waals surface area contributed by atoms with E-state index in [4.69, 9.17) is 13.9 Å². The number of oxazole rings is 1. The zero-order valence-corrected chi connectivity index (χ0v) is 12.3. The lowest BCUT2D eigenvalue weighted by molar-refractivity contribution is -0.0385. The number of esters is 1. The van der Waals surface area contributed by atoms with Gasteiger partial charge < -0.3 is 13.9 Å². The number of ether oxygens (including phenoxy) is 2. The van der Waals surface area contributed by atoms with Crippen LogP contribution in [0.1, 0.15) is 16.1 Å². The second-order valence-corrected chi connectivity index (χ2v) is 4.79. The average Bonchev–Trinajstić information content (AvgIpc) is 3.10. The molecule has 1 heterocycles. The molecule has 0 aliphatic heterocycles. The molecule has 0 saturated carbocycles. The van der Waals surface area contributed by atoms with Crippen LogP contribution >= 0.6 is 0 Å². The monoisotopic (exact) mass is 309 g/mol. The standard InChI is InChI=1S/C18H15NO4/c20-18(23-13-21-11-14-7-3-1-4-8-14)16-12-22-17(19-16)15-9-5-2-6-10-15/h1-10,12H,11,13H2. The second kappa shape index (κ2) is 7.38. The van der Waals surface area contributed by atoms with Gasteiger partial charge in [-0.2, -0.15) is 0 Å². The number of rotatable bonds is 6. The van der Waals surface area contributed by atoms with Gasteiger partial charge in [0.05, 0.1) is 6.61 Å². The maximum Gasteiger partial charge on any atom is 0.362 e. The van der Waals surface area contributed by atoms with Crippen molar-refractivity contribution in [3.05, 3.63) is 78.2 Å². The molecule has 0 amide bonds. The van der Waals surface area contributed by atoms with Gasteiger partial charge in [-0.3, -0.25) is 0 Å². The quantitative estimate of drug-likeness (QED) is 0.395. The molecule has 0 aliphatic carbocycles. The third kappa shape index (κ3) is 4.05. The zero-order chi connectivity index (χ0) is 15.9. The van der Waals surface area contributed by atoms with Gasteiger partial charge >= 0.3 is 5.97 Å². The number of carbonyl (C=O) groups is 1. The zero-order valence-electron chi connectivity index (χ0n) is 12.3. The van der Waals surface area contributed by atoms with Gasteiger partial charge in [0.25, 0.3) is 0 Å². The second-order valence-electron chi connectivity index (χ2n) is 4.79. The van der Waals surface area contributed by atoms with E-state index in [1.807, 2.05) is 60.7 Å². The predicted molar refractivity (Wildman–Crippen MR) is 83.5 cm³/mol. The Morgan fingerprint density at radius 2 is 1.70 bits per heavy atom. The van der Waals surface area contributed by atoms with E-state index < -0.39 is 5.97 Å². The van der Waals surface area contributed by atoms with Gasteiger partial charge in [0.2, 0.25) is 5.89 Å². The number of aromatic nitrogens is 1. The molecule has 23 heavy (non-hydrogen) atoms. The van der Waals surface area contributed by atoms with Crippen molar-refractivity contribution in [3.8, 4) is 11.5 Å². The molecule has 3 rings (SSSR count). The summed E-state index contributed by atoms with van der Waals surface area (Å²) in [4.78, 5) is 16.0. The summed E-state index contributed by atoms with van der Waals surface area (Å²) in [6.45, 7) is 0.240. The van der Waals surface area contributed by atoms with Gasteiger partial charge in [-0.25, -0.2) is 9.78 Å². The van der Waals surface area contributed by atoms with Crippen molar-refractivity contribution >= 4 is 5.97 Å². The highest BCUT2D eigenvalue weighted by Crippen LogP contribution is 2.18. The highest BCUT2D eigenvalue weighted by molar-refractivity contribution is 5.87. The molecule has 2 aromatic carbocycles. The van der Waals surface area contributed by atoms with Crippen LogP contribution in [-0.2, 0) is 16.1 Å². The molecule has 0 fully saturated rings. The Labute approximate surface area is 133 Å². The van der Waals surface area contributed by atoms with Crippen molar-refractivity contribution in [2.75, 3.05) is 6.79 Å². The highest BCUT2D eigenvalue weighted by Gasteiger charge is 2.14. The SMILES string of the molecule is O=C(OCOCc1ccccc1)c1coc(-c2ccccc2)n1. The Hall–Kier alpha value is -2.92. The van der Waals surface area contributed by atoms with Crippen LogP contribution < -0.4 is 0 Å². The molecular formula is C18H15NO4. The smallest absolute Gasteiger partial charge is 0.362 e. The predicted octanol–water partition coefficient (Wildman–Crippen LogP) is 3.67. The van der Waals surface area contributed by atoms with Crippen molar-refractivity contribution in [2.24, 2.45) is 0 Å². The minimum atomic E-state index is -0.580. The molecule has 0 atom stereocenters. The number of carbonyl (C=O) groups excluding carboxylic acids is 1. The molecule has 1 aromatic heterocycles. The molecule has 0 radical (unpaired) electrons. The van der Waals surface area contributed by atoms with Crippen LogP contribution in [0, 0.1) is 0 Å². The molecular weight excluding hydrogens is 294 g/mol. The average molecular weight is 309 g/mol. The fourth-order valence-electron chi connectivity index (χ4n) is 1.98. The summed E-state index contributed by atoms with van der Waals surface area (Å²) in [6.07, 6.45) is 1.28. The van der Waals surface area contributed by atoms with Gasteiger partial charge in [0.15, 0.2) is 12.5 Å². The Morgan fingerprint density at radius 3 is 2.43 bits per heavy atom. The lowest BCUT2D eigenvalue weighted by Gasteiger charge is -2.04. The Balaban J connectivity index is 1.50. The first-order chi connectivity index (χ1) is 11.3. The first-order valence-corrected chi connectivity index (χ1v) is 7.12. The fraction of sp³-hybridized carbons (Fsp3) is 0.111. The van der Waals surface area contributed by atoms with Gasteiger partial charge in [0.1, 0.15) is 6.26 Å². The van der Waals surface area contributed by atoms with E-state index >= 15 is 0 Å². The van der Waals surface area contributed by atoms with Gasteiger partial charge in [-0.1, -0.05) is 48.5 Å². The summed E-state index contributed by atoms with van der Waals surface area (Å²) in [5.41, 5.74) is 1.93. The first kappa shape index (κ1) is 15.0. The van der Waals surface area contributed by atoms with Crippen molar-refractivity contribution in [3.63, 3.8) is 0 Å². The number of hydrogen-bond donors (Lipinski definition) is 0. The summed E-state index contributed by atoms with van der Waals surface area (Å²) in [5.74, 6) is -0.202. The molecule has 3 aromatic rings. The van der Waals surface area contributed by atoms with Crippen LogP contribution in [0.5, 0.6) is 0 Å². The molecule has 0 N–H and O–H groups in total. The van der Waals surface area contributed by atoms with E-state index in [9.17, 15) is 4.79 Å². The Morgan fingerprint density at radius 1 is 1.00 bits per heavy atom. The molecule has 0 aliphatic rings. The largest absolute Gasteiger partial charge is 0.444 e. The Bertz CT molecular complexity index is 753. The molecule has 0 bridgehead atoms. The summed E-state index contributed by atoms with van der Waals surface area (Å²) in [5, 5.41) is 0. The normalized spacial score (nSPS) is 10.4. The molecule has 116 valence electrons. The highest BCUT2D eigenvalue weighted by atomic mass is 16.7. The van der Waals surface area contributed by atoms with E-state index in [-0.39, 0.29) is 12.5 Å². The van der Waals surface area contributed by atoms with E-state index in [1.54, 1.807) is 0 Å². The molecule has 0 unspecified atom stereocenters. The molecule has 5 heteroatoms. The summed E-state index contributed by atoms with van der Waals surface area (Å²) in [6, 6.07) is 19.0. The van der Waals surface area contributed by atoms with Crippen LogP contribution in [0.4, 0.5) is 0 Å². The summed E-state index contributed by atoms with van der Waals surface area (Å²) in [7, 11) is 0. The van der Waals surface area contributed by atoms with E-state index in [0.29, 0.717) is 12.5 Å². The number of nitrogens with zero attached hydrogens (tertiary/aromatic N) is 1. The van der Waals surface area contributed by atoms with Gasteiger partial charge in [-0.05, 0) is 17.7 Å². The van der Waals surface area contributed by atoms with Crippen LogP contribution in [0.3, 0.4) is 0 Å². The summed E-state index contributed by atoms with van der Waals surface area (Å²) >= 11 is 0. The van der Waals surface area contributed by atoms with Gasteiger partial charge in [0, 0.05) is 5.56 Å². The van der Waals surface area contributed by atoms with Gasteiger partial charge in [-0.15, -0.1) is 0 Å². The van der Waals surface area contributed by atoms with Crippen LogP contribution in [0.15, 0.2) is 71.3 Å². The lowest BCUT2D eigenvalue weighted by atomic mass is 10.2. The number of hydrogen-bond acceptors (Lipinski definition) is 5. The van der Waals surface area contributed by atoms with Crippen molar-refractivity contribution in [1.29, 1.82) is 0 Å². The van der Waals surface area contributed by atoms with E-state index in [1.165, 1.54) is 6.26 Å². The van der Waals surface area contributed by atoms with Crippen LogP contribution in [-0.4, -0.2) is 17.7 Å². The molecule has 0 saturated heterocycles. The minimum absolute atomic E-state index is 0.118.